The molecule has 0 bridgehead atoms. The van der Waals surface area contributed by atoms with Crippen molar-refractivity contribution in [1.29, 1.82) is 0 Å². The second-order valence-electron chi connectivity index (χ2n) is 4.31. The average molecular weight is 245 g/mol. The average Bonchev–Trinajstić information content (AvgIpc) is 2.85. The van der Waals surface area contributed by atoms with Gasteiger partial charge in [0.25, 0.3) is 0 Å². The topological polar surface area (TPSA) is 56.9 Å². The van der Waals surface area contributed by atoms with E-state index < -0.39 is 0 Å². The third-order valence-corrected chi connectivity index (χ3v) is 2.86. The zero-order chi connectivity index (χ0) is 12.8. The van der Waals surface area contributed by atoms with Gasteiger partial charge in [-0.2, -0.15) is 0 Å². The maximum Gasteiger partial charge on any atom is 0.233 e. The quantitative estimate of drug-likeness (QED) is 0.726. The van der Waals surface area contributed by atoms with E-state index in [1.165, 1.54) is 10.9 Å². The second-order valence-corrected chi connectivity index (χ2v) is 4.31. The fraction of sp³-hybridized carbons (Fsp3) is 0.357. The highest BCUT2D eigenvalue weighted by molar-refractivity contribution is 5.83. The van der Waals surface area contributed by atoms with Crippen LogP contribution in [0.1, 0.15) is 18.9 Å². The molecule has 0 aliphatic rings. The van der Waals surface area contributed by atoms with Crippen molar-refractivity contribution in [2.24, 2.45) is 0 Å². The van der Waals surface area contributed by atoms with Crippen molar-refractivity contribution in [2.75, 3.05) is 13.1 Å². The van der Waals surface area contributed by atoms with E-state index in [-0.39, 0.29) is 5.91 Å². The molecule has 4 nitrogen and oxygen atoms in total. The first-order valence-corrected chi connectivity index (χ1v) is 6.33. The van der Waals surface area contributed by atoms with Crippen LogP contribution in [0.4, 0.5) is 0 Å². The minimum Gasteiger partial charge on any atom is -0.361 e. The number of H-pyrrole nitrogens is 1. The van der Waals surface area contributed by atoms with Gasteiger partial charge in [-0.1, -0.05) is 19.1 Å². The summed E-state index contributed by atoms with van der Waals surface area (Å²) in [6.45, 7) is 3.85. The molecular weight excluding hydrogens is 226 g/mol. The molecule has 0 spiro atoms. The van der Waals surface area contributed by atoms with Crippen LogP contribution in [0.5, 0.6) is 0 Å². The van der Waals surface area contributed by atoms with Crippen molar-refractivity contribution < 1.29 is 4.79 Å². The van der Waals surface area contributed by atoms with Gasteiger partial charge in [0.1, 0.15) is 0 Å². The van der Waals surface area contributed by atoms with Crippen LogP contribution in [0.25, 0.3) is 10.9 Å². The summed E-state index contributed by atoms with van der Waals surface area (Å²) >= 11 is 0. The maximum absolute atomic E-state index is 11.4. The minimum absolute atomic E-state index is 0.0538. The van der Waals surface area contributed by atoms with Crippen LogP contribution in [0.2, 0.25) is 0 Å². The van der Waals surface area contributed by atoms with Crippen LogP contribution in [0.3, 0.4) is 0 Å². The lowest BCUT2D eigenvalue weighted by Gasteiger charge is -2.06. The van der Waals surface area contributed by atoms with Gasteiger partial charge in [-0.3, -0.25) is 4.79 Å². The molecule has 0 saturated carbocycles. The normalized spacial score (nSPS) is 10.7. The molecule has 1 aromatic heterocycles. The summed E-state index contributed by atoms with van der Waals surface area (Å²) < 4.78 is 0. The number of aromatic amines is 1. The standard InChI is InChI=1S/C14H19N3O/c1-2-7-17-14(18)10-15-9-11-4-3-5-13-12(11)6-8-16-13/h3-6,8,15-16H,2,7,9-10H2,1H3,(H,17,18). The van der Waals surface area contributed by atoms with E-state index in [9.17, 15) is 4.79 Å². The molecule has 1 heterocycles. The molecule has 18 heavy (non-hydrogen) atoms. The Hall–Kier alpha value is -1.81. The number of carbonyl (C=O) groups excluding carboxylic acids is 1. The van der Waals surface area contributed by atoms with E-state index in [0.29, 0.717) is 13.1 Å². The van der Waals surface area contributed by atoms with Crippen LogP contribution in [-0.4, -0.2) is 24.0 Å². The Bertz CT molecular complexity index is 518. The van der Waals surface area contributed by atoms with E-state index >= 15 is 0 Å². The number of hydrogen-bond donors (Lipinski definition) is 3. The SMILES string of the molecule is CCCNC(=O)CNCc1cccc2[nH]ccc12. The van der Waals surface area contributed by atoms with Crippen LogP contribution in [-0.2, 0) is 11.3 Å². The number of benzene rings is 1. The Morgan fingerprint density at radius 1 is 1.33 bits per heavy atom. The maximum atomic E-state index is 11.4. The van der Waals surface area contributed by atoms with Gasteiger partial charge in [-0.05, 0) is 24.1 Å². The molecule has 0 atom stereocenters. The molecule has 0 aliphatic heterocycles. The van der Waals surface area contributed by atoms with Gasteiger partial charge < -0.3 is 15.6 Å². The van der Waals surface area contributed by atoms with Crippen LogP contribution < -0.4 is 10.6 Å². The van der Waals surface area contributed by atoms with Crippen molar-refractivity contribution in [1.82, 2.24) is 15.6 Å². The molecule has 2 aromatic rings. The molecule has 0 radical (unpaired) electrons. The molecule has 96 valence electrons. The highest BCUT2D eigenvalue weighted by atomic mass is 16.1. The molecule has 0 aliphatic carbocycles. The highest BCUT2D eigenvalue weighted by Gasteiger charge is 2.03. The molecule has 0 saturated heterocycles. The van der Waals surface area contributed by atoms with Gasteiger partial charge in [0.05, 0.1) is 6.54 Å². The fourth-order valence-corrected chi connectivity index (χ4v) is 1.94. The molecular formula is C14H19N3O. The summed E-state index contributed by atoms with van der Waals surface area (Å²) in [6.07, 6.45) is 2.90. The van der Waals surface area contributed by atoms with Crippen molar-refractivity contribution in [3.63, 3.8) is 0 Å². The first-order valence-electron chi connectivity index (χ1n) is 6.33. The van der Waals surface area contributed by atoms with Gasteiger partial charge in [-0.25, -0.2) is 0 Å². The number of aromatic nitrogens is 1. The summed E-state index contributed by atoms with van der Waals surface area (Å²) in [5.41, 5.74) is 2.33. The number of amides is 1. The van der Waals surface area contributed by atoms with E-state index in [4.69, 9.17) is 0 Å². The first-order chi connectivity index (χ1) is 8.81. The molecule has 4 heteroatoms. The Labute approximate surface area is 107 Å². The van der Waals surface area contributed by atoms with Crippen molar-refractivity contribution in [2.45, 2.75) is 19.9 Å². The molecule has 0 fully saturated rings. The van der Waals surface area contributed by atoms with Crippen LogP contribution >= 0.6 is 0 Å². The Balaban J connectivity index is 1.87. The van der Waals surface area contributed by atoms with Crippen LogP contribution in [0, 0.1) is 0 Å². The summed E-state index contributed by atoms with van der Waals surface area (Å²) in [6, 6.07) is 8.20. The van der Waals surface area contributed by atoms with Gasteiger partial charge in [0.2, 0.25) is 5.91 Å². The van der Waals surface area contributed by atoms with Gasteiger partial charge in [0.15, 0.2) is 0 Å². The number of fused-ring (bicyclic) bond motifs is 1. The van der Waals surface area contributed by atoms with Gasteiger partial charge in [0, 0.05) is 30.2 Å². The smallest absolute Gasteiger partial charge is 0.233 e. The Morgan fingerprint density at radius 3 is 3.06 bits per heavy atom. The molecule has 1 aromatic carbocycles. The lowest BCUT2D eigenvalue weighted by Crippen LogP contribution is -2.33. The van der Waals surface area contributed by atoms with E-state index in [0.717, 1.165) is 18.5 Å². The van der Waals surface area contributed by atoms with Crippen molar-refractivity contribution in [3.05, 3.63) is 36.0 Å². The first kappa shape index (κ1) is 12.6. The molecule has 1 amide bonds. The fourth-order valence-electron chi connectivity index (χ4n) is 1.94. The zero-order valence-corrected chi connectivity index (χ0v) is 10.6. The second kappa shape index (κ2) is 6.21. The number of carbonyl (C=O) groups is 1. The highest BCUT2D eigenvalue weighted by Crippen LogP contribution is 2.16. The molecule has 0 unspecified atom stereocenters. The minimum atomic E-state index is 0.0538. The van der Waals surface area contributed by atoms with E-state index in [1.54, 1.807) is 0 Å². The summed E-state index contributed by atoms with van der Waals surface area (Å²) in [5.74, 6) is 0.0538. The van der Waals surface area contributed by atoms with Gasteiger partial charge in [-0.15, -0.1) is 0 Å². The zero-order valence-electron chi connectivity index (χ0n) is 10.6. The lowest BCUT2D eigenvalue weighted by molar-refractivity contribution is -0.120. The lowest BCUT2D eigenvalue weighted by atomic mass is 10.1. The molecule has 2 rings (SSSR count). The summed E-state index contributed by atoms with van der Waals surface area (Å²) in [4.78, 5) is 14.6. The predicted octanol–water partition coefficient (Wildman–Crippen LogP) is 1.78. The van der Waals surface area contributed by atoms with E-state index in [1.807, 2.05) is 25.3 Å². The third kappa shape index (κ3) is 3.11. The Kier molecular flexibility index (Phi) is 4.36. The van der Waals surface area contributed by atoms with Crippen molar-refractivity contribution >= 4 is 16.8 Å². The number of rotatable bonds is 6. The molecule has 3 N–H and O–H groups in total. The predicted molar refractivity (Wildman–Crippen MR) is 73.3 cm³/mol. The third-order valence-electron chi connectivity index (χ3n) is 2.86. The van der Waals surface area contributed by atoms with Gasteiger partial charge >= 0.3 is 0 Å². The van der Waals surface area contributed by atoms with Crippen LogP contribution in [0.15, 0.2) is 30.5 Å². The summed E-state index contributed by atoms with van der Waals surface area (Å²) in [5, 5.41) is 7.22. The summed E-state index contributed by atoms with van der Waals surface area (Å²) in [7, 11) is 0. The van der Waals surface area contributed by atoms with E-state index in [2.05, 4.69) is 27.8 Å². The van der Waals surface area contributed by atoms with Crippen molar-refractivity contribution in [3.8, 4) is 0 Å². The largest absolute Gasteiger partial charge is 0.361 e. The number of nitrogens with one attached hydrogen (secondary N) is 3. The Morgan fingerprint density at radius 2 is 2.22 bits per heavy atom. The number of hydrogen-bond acceptors (Lipinski definition) is 2. The monoisotopic (exact) mass is 245 g/mol.